The summed E-state index contributed by atoms with van der Waals surface area (Å²) in [6, 6.07) is 2.31. The van der Waals surface area contributed by atoms with Crippen LogP contribution in [0.5, 0.6) is 0 Å². The molecule has 0 radical (unpaired) electrons. The number of rotatable bonds is 8. The molecule has 0 saturated carbocycles. The van der Waals surface area contributed by atoms with Gasteiger partial charge in [-0.15, -0.1) is 0 Å². The van der Waals surface area contributed by atoms with E-state index in [1.807, 2.05) is 0 Å². The Hall–Kier alpha value is -0.0800. The molecule has 17 heavy (non-hydrogen) atoms. The molecule has 1 rings (SSSR count). The van der Waals surface area contributed by atoms with E-state index in [2.05, 4.69) is 37.9 Å². The molecule has 0 spiro atoms. The summed E-state index contributed by atoms with van der Waals surface area (Å²) in [5, 5.41) is 3.62. The van der Waals surface area contributed by atoms with Crippen LogP contribution in [0.25, 0.3) is 0 Å². The Labute approximate surface area is 108 Å². The predicted octanol–water partition coefficient (Wildman–Crippen LogP) is 3.42. The van der Waals surface area contributed by atoms with Crippen molar-refractivity contribution in [1.29, 1.82) is 0 Å². The van der Waals surface area contributed by atoms with Crippen molar-refractivity contribution in [3.63, 3.8) is 0 Å². The number of likely N-dealkylation sites (tertiary alicyclic amines) is 1. The number of unbranched alkanes of at least 4 members (excludes halogenated alkanes) is 2. The maximum absolute atomic E-state index is 3.62. The third-order valence-electron chi connectivity index (χ3n) is 4.23. The third kappa shape index (κ3) is 4.59. The minimum Gasteiger partial charge on any atom is -0.315 e. The number of hydrogen-bond acceptors (Lipinski definition) is 2. The summed E-state index contributed by atoms with van der Waals surface area (Å²) < 4.78 is 0. The van der Waals surface area contributed by atoms with Crippen LogP contribution in [0.4, 0.5) is 0 Å². The smallest absolute Gasteiger partial charge is 0.0198 e. The van der Waals surface area contributed by atoms with E-state index < -0.39 is 0 Å². The Bertz CT molecular complexity index is 193. The standard InChI is InChI=1S/C15H32N2/c1-5-7-8-11-16-12-14(4)17-13(3)9-10-15(17)6-2/h13-16H,5-12H2,1-4H3. The van der Waals surface area contributed by atoms with Gasteiger partial charge in [-0.05, 0) is 46.1 Å². The molecule has 1 aliphatic heterocycles. The molecule has 0 aromatic carbocycles. The Morgan fingerprint density at radius 3 is 2.65 bits per heavy atom. The maximum Gasteiger partial charge on any atom is 0.0198 e. The fourth-order valence-electron chi connectivity index (χ4n) is 3.22. The molecule has 1 aliphatic rings. The zero-order valence-electron chi connectivity index (χ0n) is 12.3. The van der Waals surface area contributed by atoms with Crippen LogP contribution in [0.3, 0.4) is 0 Å². The fraction of sp³-hybridized carbons (Fsp3) is 1.00. The number of hydrogen-bond donors (Lipinski definition) is 1. The van der Waals surface area contributed by atoms with Crippen LogP contribution in [0, 0.1) is 0 Å². The van der Waals surface area contributed by atoms with Gasteiger partial charge in [0.1, 0.15) is 0 Å². The molecule has 1 N–H and O–H groups in total. The molecule has 0 aliphatic carbocycles. The average Bonchev–Trinajstić information content (AvgIpc) is 2.70. The van der Waals surface area contributed by atoms with Gasteiger partial charge in [0.2, 0.25) is 0 Å². The summed E-state index contributed by atoms with van der Waals surface area (Å²) in [4.78, 5) is 2.74. The monoisotopic (exact) mass is 240 g/mol. The largest absolute Gasteiger partial charge is 0.315 e. The first-order valence-corrected chi connectivity index (χ1v) is 7.68. The molecule has 102 valence electrons. The van der Waals surface area contributed by atoms with E-state index in [1.165, 1.54) is 45.1 Å². The van der Waals surface area contributed by atoms with Crippen molar-refractivity contribution in [3.05, 3.63) is 0 Å². The highest BCUT2D eigenvalue weighted by Gasteiger charge is 2.32. The lowest BCUT2D eigenvalue weighted by Gasteiger charge is -2.34. The first-order chi connectivity index (χ1) is 8.20. The van der Waals surface area contributed by atoms with Crippen LogP contribution in [0.15, 0.2) is 0 Å². The molecular formula is C15H32N2. The van der Waals surface area contributed by atoms with Gasteiger partial charge in [0, 0.05) is 24.7 Å². The molecule has 0 amide bonds. The van der Waals surface area contributed by atoms with Gasteiger partial charge >= 0.3 is 0 Å². The quantitative estimate of drug-likeness (QED) is 0.654. The maximum atomic E-state index is 3.62. The molecule has 3 unspecified atom stereocenters. The van der Waals surface area contributed by atoms with Crippen molar-refractivity contribution in [2.75, 3.05) is 13.1 Å². The molecule has 1 saturated heterocycles. The Kier molecular flexibility index (Phi) is 7.14. The summed E-state index contributed by atoms with van der Waals surface area (Å²) >= 11 is 0. The van der Waals surface area contributed by atoms with Crippen LogP contribution in [0.2, 0.25) is 0 Å². The molecule has 0 aromatic heterocycles. The second kappa shape index (κ2) is 8.10. The van der Waals surface area contributed by atoms with Crippen LogP contribution in [-0.2, 0) is 0 Å². The highest BCUT2D eigenvalue weighted by atomic mass is 15.2. The summed E-state index contributed by atoms with van der Waals surface area (Å²) in [5.74, 6) is 0. The van der Waals surface area contributed by atoms with Crippen molar-refractivity contribution in [2.24, 2.45) is 0 Å². The lowest BCUT2D eigenvalue weighted by Crippen LogP contribution is -2.46. The topological polar surface area (TPSA) is 15.3 Å². The Morgan fingerprint density at radius 2 is 2.00 bits per heavy atom. The predicted molar refractivity (Wildman–Crippen MR) is 76.5 cm³/mol. The van der Waals surface area contributed by atoms with E-state index in [0.717, 1.165) is 18.6 Å². The molecule has 1 heterocycles. The minimum atomic E-state index is 0.694. The molecule has 0 aromatic rings. The van der Waals surface area contributed by atoms with Crippen LogP contribution < -0.4 is 5.32 Å². The third-order valence-corrected chi connectivity index (χ3v) is 4.23. The van der Waals surface area contributed by atoms with Crippen molar-refractivity contribution < 1.29 is 0 Å². The summed E-state index contributed by atoms with van der Waals surface area (Å²) in [7, 11) is 0. The molecule has 0 bridgehead atoms. The van der Waals surface area contributed by atoms with E-state index in [9.17, 15) is 0 Å². The lowest BCUT2D eigenvalue weighted by atomic mass is 10.1. The van der Waals surface area contributed by atoms with E-state index in [4.69, 9.17) is 0 Å². The summed E-state index contributed by atoms with van der Waals surface area (Å²) in [5.41, 5.74) is 0. The summed E-state index contributed by atoms with van der Waals surface area (Å²) in [6.07, 6.45) is 8.11. The van der Waals surface area contributed by atoms with Gasteiger partial charge < -0.3 is 5.32 Å². The fourth-order valence-corrected chi connectivity index (χ4v) is 3.22. The molecular weight excluding hydrogens is 208 g/mol. The van der Waals surface area contributed by atoms with Crippen molar-refractivity contribution in [3.8, 4) is 0 Å². The average molecular weight is 240 g/mol. The van der Waals surface area contributed by atoms with Gasteiger partial charge in [0.05, 0.1) is 0 Å². The molecule has 2 heteroatoms. The van der Waals surface area contributed by atoms with Crippen molar-refractivity contribution >= 4 is 0 Å². The van der Waals surface area contributed by atoms with E-state index in [0.29, 0.717) is 6.04 Å². The summed E-state index contributed by atoms with van der Waals surface area (Å²) in [6.45, 7) is 11.7. The van der Waals surface area contributed by atoms with E-state index in [-0.39, 0.29) is 0 Å². The van der Waals surface area contributed by atoms with Gasteiger partial charge in [-0.2, -0.15) is 0 Å². The van der Waals surface area contributed by atoms with E-state index >= 15 is 0 Å². The SMILES string of the molecule is CCCCCNCC(C)N1C(C)CCC1CC. The zero-order chi connectivity index (χ0) is 12.7. The van der Waals surface area contributed by atoms with Crippen LogP contribution >= 0.6 is 0 Å². The second-order valence-corrected chi connectivity index (χ2v) is 5.70. The molecule has 1 fully saturated rings. The van der Waals surface area contributed by atoms with Gasteiger partial charge in [-0.25, -0.2) is 0 Å². The normalized spacial score (nSPS) is 27.5. The first kappa shape index (κ1) is 15.0. The molecule has 3 atom stereocenters. The number of nitrogens with zero attached hydrogens (tertiary/aromatic N) is 1. The minimum absolute atomic E-state index is 0.694. The van der Waals surface area contributed by atoms with Crippen LogP contribution in [0.1, 0.15) is 66.2 Å². The van der Waals surface area contributed by atoms with Crippen molar-refractivity contribution in [1.82, 2.24) is 10.2 Å². The van der Waals surface area contributed by atoms with Crippen LogP contribution in [-0.4, -0.2) is 36.1 Å². The van der Waals surface area contributed by atoms with Crippen molar-refractivity contribution in [2.45, 2.75) is 84.3 Å². The van der Waals surface area contributed by atoms with Gasteiger partial charge in [0.25, 0.3) is 0 Å². The van der Waals surface area contributed by atoms with Gasteiger partial charge in [-0.1, -0.05) is 26.7 Å². The first-order valence-electron chi connectivity index (χ1n) is 7.68. The van der Waals surface area contributed by atoms with E-state index in [1.54, 1.807) is 0 Å². The van der Waals surface area contributed by atoms with Gasteiger partial charge in [-0.3, -0.25) is 4.90 Å². The zero-order valence-corrected chi connectivity index (χ0v) is 12.3. The lowest BCUT2D eigenvalue weighted by molar-refractivity contribution is 0.141. The molecule has 2 nitrogen and oxygen atoms in total. The second-order valence-electron chi connectivity index (χ2n) is 5.70. The highest BCUT2D eigenvalue weighted by Crippen LogP contribution is 2.27. The Balaban J connectivity index is 2.23. The van der Waals surface area contributed by atoms with Gasteiger partial charge in [0.15, 0.2) is 0 Å². The highest BCUT2D eigenvalue weighted by molar-refractivity contribution is 4.88. The number of nitrogens with one attached hydrogen (secondary N) is 1. The Morgan fingerprint density at radius 1 is 1.24 bits per heavy atom.